The number of benzene rings is 3. The summed E-state index contributed by atoms with van der Waals surface area (Å²) in [6, 6.07) is 21.2. The van der Waals surface area contributed by atoms with Crippen molar-refractivity contribution in [2.45, 2.75) is 31.3 Å². The van der Waals surface area contributed by atoms with Crippen LogP contribution in [0.2, 0.25) is 0 Å². The number of nitrogens with one attached hydrogen (secondary N) is 1. The lowest BCUT2D eigenvalue weighted by atomic mass is 10.1. The van der Waals surface area contributed by atoms with Gasteiger partial charge in [0.2, 0.25) is 11.8 Å². The number of carbonyl (C=O) groups excluding carboxylic acids is 2. The van der Waals surface area contributed by atoms with Crippen molar-refractivity contribution in [3.8, 4) is 0 Å². The Morgan fingerprint density at radius 1 is 0.917 bits per heavy atom. The number of anilines is 1. The molecule has 3 aromatic carbocycles. The summed E-state index contributed by atoms with van der Waals surface area (Å²) < 4.78 is 30.0. The largest absolute Gasteiger partial charge is 0.355 e. The van der Waals surface area contributed by atoms with Crippen molar-refractivity contribution >= 4 is 59.4 Å². The summed E-state index contributed by atoms with van der Waals surface area (Å²) in [6.07, 6.45) is 0. The average molecular weight is 637 g/mol. The molecule has 0 aromatic heterocycles. The van der Waals surface area contributed by atoms with Crippen molar-refractivity contribution in [3.63, 3.8) is 0 Å². The Balaban J connectivity index is 2.01. The molecule has 0 aliphatic heterocycles. The highest BCUT2D eigenvalue weighted by atomic mass is 79.9. The Morgan fingerprint density at radius 2 is 1.58 bits per heavy atom. The van der Waals surface area contributed by atoms with E-state index in [0.717, 1.165) is 18.8 Å². The van der Waals surface area contributed by atoms with Crippen LogP contribution in [0.5, 0.6) is 0 Å². The first kappa shape index (κ1) is 27.9. The first-order valence-corrected chi connectivity index (χ1v) is 14.3. The summed E-state index contributed by atoms with van der Waals surface area (Å²) in [4.78, 5) is 27.9. The highest BCUT2D eigenvalue weighted by Crippen LogP contribution is 2.26. The second kappa shape index (κ2) is 12.5. The number of sulfonamides is 1. The Hall–Kier alpha value is -2.69. The van der Waals surface area contributed by atoms with E-state index in [1.165, 1.54) is 17.0 Å². The zero-order valence-corrected chi connectivity index (χ0v) is 23.9. The number of nitrogens with zero attached hydrogens (tertiary/aromatic N) is 2. The van der Waals surface area contributed by atoms with Gasteiger partial charge in [-0.2, -0.15) is 0 Å². The molecule has 0 saturated heterocycles. The molecule has 1 atom stereocenters. The Morgan fingerprint density at radius 3 is 2.19 bits per heavy atom. The van der Waals surface area contributed by atoms with E-state index in [4.69, 9.17) is 0 Å². The number of hydrogen-bond acceptors (Lipinski definition) is 4. The molecule has 7 nitrogen and oxygen atoms in total. The van der Waals surface area contributed by atoms with Crippen LogP contribution in [-0.4, -0.2) is 44.3 Å². The van der Waals surface area contributed by atoms with E-state index in [1.807, 2.05) is 24.3 Å². The number of likely N-dealkylation sites (N-methyl/N-ethyl adjacent to an activating group) is 1. The van der Waals surface area contributed by atoms with Crippen molar-refractivity contribution in [3.05, 3.63) is 93.4 Å². The molecule has 0 aliphatic carbocycles. The van der Waals surface area contributed by atoms with E-state index < -0.39 is 28.5 Å². The highest BCUT2D eigenvalue weighted by Gasteiger charge is 2.32. The van der Waals surface area contributed by atoms with Crippen molar-refractivity contribution in [1.29, 1.82) is 0 Å². The summed E-state index contributed by atoms with van der Waals surface area (Å²) in [7, 11) is -4.07. The fourth-order valence-electron chi connectivity index (χ4n) is 3.59. The van der Waals surface area contributed by atoms with E-state index >= 15 is 0 Å². The third-order valence-electron chi connectivity index (χ3n) is 5.48. The molecule has 3 aromatic rings. The van der Waals surface area contributed by atoms with E-state index in [-0.39, 0.29) is 17.3 Å². The highest BCUT2D eigenvalue weighted by molar-refractivity contribution is 9.10. The van der Waals surface area contributed by atoms with Crippen LogP contribution in [-0.2, 0) is 26.2 Å². The van der Waals surface area contributed by atoms with Crippen molar-refractivity contribution < 1.29 is 18.0 Å². The molecular weight excluding hydrogens is 610 g/mol. The third kappa shape index (κ3) is 6.96. The maximum Gasteiger partial charge on any atom is 0.264 e. The second-order valence-corrected chi connectivity index (χ2v) is 11.7. The maximum atomic E-state index is 13.7. The Bertz CT molecular complexity index is 1300. The molecule has 0 radical (unpaired) electrons. The maximum absolute atomic E-state index is 13.7. The normalized spacial score (nSPS) is 12.0. The van der Waals surface area contributed by atoms with Crippen LogP contribution >= 0.6 is 31.9 Å². The molecule has 0 fully saturated rings. The molecule has 3 rings (SSSR count). The van der Waals surface area contributed by atoms with E-state index in [2.05, 4.69) is 37.2 Å². The van der Waals surface area contributed by atoms with Crippen LogP contribution in [0.3, 0.4) is 0 Å². The van der Waals surface area contributed by atoms with Gasteiger partial charge in [-0.3, -0.25) is 13.9 Å². The summed E-state index contributed by atoms with van der Waals surface area (Å²) in [5.41, 5.74) is 1.14. The van der Waals surface area contributed by atoms with E-state index in [1.54, 1.807) is 56.3 Å². The number of hydrogen-bond donors (Lipinski definition) is 1. The van der Waals surface area contributed by atoms with Gasteiger partial charge in [-0.25, -0.2) is 8.42 Å². The lowest BCUT2D eigenvalue weighted by molar-refractivity contribution is -0.139. The predicted octanol–water partition coefficient (Wildman–Crippen LogP) is 4.96. The Labute approximate surface area is 228 Å². The molecule has 36 heavy (non-hydrogen) atoms. The molecule has 0 bridgehead atoms. The first-order chi connectivity index (χ1) is 17.1. The standard InChI is InChI=1S/C26H27Br2N3O4S/c1-3-29-26(33)19(2)30(17-20-8-7-9-22(28)16-20)25(32)18-31(23-14-12-21(27)13-15-23)36(34,35)24-10-5-4-6-11-24/h4-16,19H,3,17-18H2,1-2H3,(H,29,33)/t19-/m0/s1. The van der Waals surface area contributed by atoms with Gasteiger partial charge in [0.1, 0.15) is 12.6 Å². The van der Waals surface area contributed by atoms with Crippen LogP contribution in [0.1, 0.15) is 19.4 Å². The molecule has 190 valence electrons. The monoisotopic (exact) mass is 635 g/mol. The molecule has 0 aliphatic rings. The van der Waals surface area contributed by atoms with Crippen LogP contribution in [0, 0.1) is 0 Å². The van der Waals surface area contributed by atoms with Crippen molar-refractivity contribution in [2.75, 3.05) is 17.4 Å². The lowest BCUT2D eigenvalue weighted by Crippen LogP contribution is -2.51. The minimum absolute atomic E-state index is 0.0658. The molecule has 0 heterocycles. The van der Waals surface area contributed by atoms with Gasteiger partial charge in [-0.1, -0.05) is 62.2 Å². The van der Waals surface area contributed by atoms with Crippen LogP contribution < -0.4 is 9.62 Å². The van der Waals surface area contributed by atoms with Crippen LogP contribution in [0.25, 0.3) is 0 Å². The zero-order valence-electron chi connectivity index (χ0n) is 19.9. The number of amides is 2. The van der Waals surface area contributed by atoms with Gasteiger partial charge in [0.05, 0.1) is 10.6 Å². The van der Waals surface area contributed by atoms with E-state index in [9.17, 15) is 18.0 Å². The van der Waals surface area contributed by atoms with Gasteiger partial charge < -0.3 is 10.2 Å². The quantitative estimate of drug-likeness (QED) is 0.341. The SMILES string of the molecule is CCNC(=O)[C@H](C)N(Cc1cccc(Br)c1)C(=O)CN(c1ccc(Br)cc1)S(=O)(=O)c1ccccc1. The number of carbonyl (C=O) groups is 2. The first-order valence-electron chi connectivity index (χ1n) is 11.3. The summed E-state index contributed by atoms with van der Waals surface area (Å²) in [5.74, 6) is -0.821. The predicted molar refractivity (Wildman–Crippen MR) is 148 cm³/mol. The minimum Gasteiger partial charge on any atom is -0.355 e. The molecule has 2 amide bonds. The van der Waals surface area contributed by atoms with Gasteiger partial charge in [-0.15, -0.1) is 0 Å². The summed E-state index contributed by atoms with van der Waals surface area (Å²) in [5, 5.41) is 2.75. The second-order valence-electron chi connectivity index (χ2n) is 8.02. The van der Waals surface area contributed by atoms with Crippen LogP contribution in [0.15, 0.2) is 92.7 Å². The Kier molecular flexibility index (Phi) is 9.69. The van der Waals surface area contributed by atoms with Gasteiger partial charge >= 0.3 is 0 Å². The van der Waals surface area contributed by atoms with Crippen molar-refractivity contribution in [1.82, 2.24) is 10.2 Å². The van der Waals surface area contributed by atoms with Crippen molar-refractivity contribution in [2.24, 2.45) is 0 Å². The summed E-state index contributed by atoms with van der Waals surface area (Å²) >= 11 is 6.80. The smallest absolute Gasteiger partial charge is 0.264 e. The molecular formula is C26H27Br2N3O4S. The third-order valence-corrected chi connectivity index (χ3v) is 8.29. The fraction of sp³-hybridized carbons (Fsp3) is 0.231. The minimum atomic E-state index is -4.07. The average Bonchev–Trinajstić information content (AvgIpc) is 2.86. The van der Waals surface area contributed by atoms with E-state index in [0.29, 0.717) is 12.2 Å². The lowest BCUT2D eigenvalue weighted by Gasteiger charge is -2.32. The zero-order chi connectivity index (χ0) is 26.3. The fourth-order valence-corrected chi connectivity index (χ4v) is 5.74. The van der Waals surface area contributed by atoms with Gasteiger partial charge in [0, 0.05) is 22.0 Å². The molecule has 10 heteroatoms. The van der Waals surface area contributed by atoms with Crippen LogP contribution in [0.4, 0.5) is 5.69 Å². The van der Waals surface area contributed by atoms with Gasteiger partial charge in [-0.05, 0) is 67.9 Å². The number of halogens is 2. The number of rotatable bonds is 10. The van der Waals surface area contributed by atoms with Gasteiger partial charge in [0.15, 0.2) is 0 Å². The molecule has 1 N–H and O–H groups in total. The topological polar surface area (TPSA) is 86.8 Å². The molecule has 0 spiro atoms. The summed E-state index contributed by atoms with van der Waals surface area (Å²) in [6.45, 7) is 3.51. The molecule has 0 unspecified atom stereocenters. The molecule has 0 saturated carbocycles. The van der Waals surface area contributed by atoms with Gasteiger partial charge in [0.25, 0.3) is 10.0 Å².